The Bertz CT molecular complexity index is 384. The predicted octanol–water partition coefficient (Wildman–Crippen LogP) is 3.27. The van der Waals surface area contributed by atoms with Crippen LogP contribution in [-0.4, -0.2) is 19.2 Å². The molecular weight excluding hydrogens is 228 g/mol. The van der Waals surface area contributed by atoms with Crippen molar-refractivity contribution in [3.05, 3.63) is 48.2 Å². The highest BCUT2D eigenvalue weighted by atomic mass is 16.6. The van der Waals surface area contributed by atoms with Crippen molar-refractivity contribution in [3.63, 3.8) is 0 Å². The molecule has 0 aliphatic carbocycles. The minimum atomic E-state index is -0.557. The maximum Gasteiger partial charge on any atom is 0.346 e. The Kier molecular flexibility index (Phi) is 5.98. The second kappa shape index (κ2) is 7.54. The number of carbonyl (C=O) groups excluding carboxylic acids is 1. The van der Waals surface area contributed by atoms with Crippen molar-refractivity contribution < 1.29 is 14.3 Å². The van der Waals surface area contributed by atoms with E-state index in [1.807, 2.05) is 24.3 Å². The third-order valence-electron chi connectivity index (χ3n) is 2.77. The number of methoxy groups -OCH3 is 1. The molecule has 0 amide bonds. The molecule has 3 nitrogen and oxygen atoms in total. The van der Waals surface area contributed by atoms with Crippen LogP contribution in [0.15, 0.2) is 42.7 Å². The van der Waals surface area contributed by atoms with E-state index in [9.17, 15) is 4.79 Å². The number of hydrogen-bond acceptors (Lipinski definition) is 3. The molecule has 0 aromatic heterocycles. The van der Waals surface area contributed by atoms with Gasteiger partial charge in [-0.3, -0.25) is 0 Å². The maximum atomic E-state index is 11.1. The van der Waals surface area contributed by atoms with E-state index in [0.29, 0.717) is 5.92 Å². The summed E-state index contributed by atoms with van der Waals surface area (Å²) in [7, 11) is 1.35. The summed E-state index contributed by atoms with van der Waals surface area (Å²) in [6.45, 7) is 3.82. The molecule has 1 rings (SSSR count). The van der Waals surface area contributed by atoms with Gasteiger partial charge in [0.15, 0.2) is 6.10 Å². The summed E-state index contributed by atoms with van der Waals surface area (Å²) in [5, 5.41) is 0. The van der Waals surface area contributed by atoms with Crippen LogP contribution in [0.1, 0.15) is 31.7 Å². The summed E-state index contributed by atoms with van der Waals surface area (Å²) in [4.78, 5) is 11.1. The van der Waals surface area contributed by atoms with Crippen molar-refractivity contribution in [1.29, 1.82) is 0 Å². The average molecular weight is 248 g/mol. The Morgan fingerprint density at radius 3 is 2.56 bits per heavy atom. The van der Waals surface area contributed by atoms with Gasteiger partial charge in [0.1, 0.15) is 0 Å². The minimum Gasteiger partial charge on any atom is -0.487 e. The summed E-state index contributed by atoms with van der Waals surface area (Å²) >= 11 is 0. The number of ether oxygens (including phenoxy) is 2. The van der Waals surface area contributed by atoms with Crippen LogP contribution < -0.4 is 0 Å². The van der Waals surface area contributed by atoms with Crippen molar-refractivity contribution in [2.75, 3.05) is 7.11 Å². The molecule has 0 saturated carbocycles. The standard InChI is InChI=1S/C15H20O3/c1-12(14-9-5-4-6-10-14)8-7-11-18-13(2)15(16)17-3/h4-7,9-13H,8H2,1-3H3. The Morgan fingerprint density at radius 1 is 1.28 bits per heavy atom. The van der Waals surface area contributed by atoms with Gasteiger partial charge < -0.3 is 9.47 Å². The molecule has 0 fully saturated rings. The predicted molar refractivity (Wildman–Crippen MR) is 71.2 cm³/mol. The quantitative estimate of drug-likeness (QED) is 0.572. The van der Waals surface area contributed by atoms with E-state index in [2.05, 4.69) is 23.8 Å². The highest BCUT2D eigenvalue weighted by Gasteiger charge is 2.11. The molecule has 0 radical (unpaired) electrons. The third-order valence-corrected chi connectivity index (χ3v) is 2.77. The molecule has 0 saturated heterocycles. The van der Waals surface area contributed by atoms with Crippen LogP contribution in [0.4, 0.5) is 0 Å². The van der Waals surface area contributed by atoms with Gasteiger partial charge in [0, 0.05) is 0 Å². The Morgan fingerprint density at radius 2 is 1.94 bits per heavy atom. The molecule has 0 aliphatic heterocycles. The van der Waals surface area contributed by atoms with Crippen molar-refractivity contribution in [3.8, 4) is 0 Å². The molecule has 2 atom stereocenters. The monoisotopic (exact) mass is 248 g/mol. The van der Waals surface area contributed by atoms with Crippen molar-refractivity contribution in [2.24, 2.45) is 0 Å². The first-order valence-electron chi connectivity index (χ1n) is 6.08. The van der Waals surface area contributed by atoms with Crippen LogP contribution in [-0.2, 0) is 14.3 Å². The zero-order chi connectivity index (χ0) is 13.4. The molecule has 98 valence electrons. The molecule has 0 heterocycles. The van der Waals surface area contributed by atoms with Crippen molar-refractivity contribution >= 4 is 5.97 Å². The van der Waals surface area contributed by atoms with Crippen LogP contribution in [0, 0.1) is 0 Å². The van der Waals surface area contributed by atoms with Crippen LogP contribution in [0.5, 0.6) is 0 Å². The molecule has 0 aliphatic rings. The molecular formula is C15H20O3. The van der Waals surface area contributed by atoms with Gasteiger partial charge in [-0.1, -0.05) is 37.3 Å². The van der Waals surface area contributed by atoms with Crippen LogP contribution >= 0.6 is 0 Å². The number of carbonyl (C=O) groups is 1. The number of rotatable bonds is 6. The number of benzene rings is 1. The Hall–Kier alpha value is -1.77. The van der Waals surface area contributed by atoms with E-state index in [0.717, 1.165) is 6.42 Å². The lowest BCUT2D eigenvalue weighted by atomic mass is 9.98. The third kappa shape index (κ3) is 4.62. The van der Waals surface area contributed by atoms with E-state index >= 15 is 0 Å². The molecule has 2 unspecified atom stereocenters. The van der Waals surface area contributed by atoms with Gasteiger partial charge in [-0.25, -0.2) is 4.79 Å². The van der Waals surface area contributed by atoms with E-state index in [1.165, 1.54) is 12.7 Å². The lowest BCUT2D eigenvalue weighted by molar-refractivity contribution is -0.149. The second-order valence-electron chi connectivity index (χ2n) is 4.22. The topological polar surface area (TPSA) is 35.5 Å². The normalized spacial score (nSPS) is 14.2. The summed E-state index contributed by atoms with van der Waals surface area (Å²) in [6.07, 6.45) is 3.81. The second-order valence-corrected chi connectivity index (χ2v) is 4.22. The average Bonchev–Trinajstić information content (AvgIpc) is 2.43. The fourth-order valence-electron chi connectivity index (χ4n) is 1.57. The van der Waals surface area contributed by atoms with Gasteiger partial charge >= 0.3 is 5.97 Å². The van der Waals surface area contributed by atoms with Gasteiger partial charge in [0.05, 0.1) is 13.4 Å². The van der Waals surface area contributed by atoms with Gasteiger partial charge in [-0.2, -0.15) is 0 Å². The molecule has 1 aromatic carbocycles. The van der Waals surface area contributed by atoms with E-state index in [4.69, 9.17) is 4.74 Å². The first kappa shape index (κ1) is 14.3. The fraction of sp³-hybridized carbons (Fsp3) is 0.400. The first-order chi connectivity index (χ1) is 8.65. The van der Waals surface area contributed by atoms with Gasteiger partial charge in [0.2, 0.25) is 0 Å². The Labute approximate surface area is 108 Å². The molecule has 3 heteroatoms. The molecule has 1 aromatic rings. The lowest BCUT2D eigenvalue weighted by Gasteiger charge is -2.10. The number of hydrogen-bond donors (Lipinski definition) is 0. The summed E-state index contributed by atoms with van der Waals surface area (Å²) in [5.74, 6) is 0.0650. The molecule has 0 N–H and O–H groups in total. The van der Waals surface area contributed by atoms with Gasteiger partial charge in [0.25, 0.3) is 0 Å². The summed E-state index contributed by atoms with van der Waals surface area (Å²) in [6, 6.07) is 10.3. The number of allylic oxidation sites excluding steroid dienone is 1. The van der Waals surface area contributed by atoms with Crippen LogP contribution in [0.3, 0.4) is 0 Å². The largest absolute Gasteiger partial charge is 0.487 e. The zero-order valence-corrected chi connectivity index (χ0v) is 11.1. The lowest BCUT2D eigenvalue weighted by Crippen LogP contribution is -2.19. The number of esters is 1. The maximum absolute atomic E-state index is 11.1. The summed E-state index contributed by atoms with van der Waals surface area (Å²) < 4.78 is 9.79. The summed E-state index contributed by atoms with van der Waals surface area (Å²) in [5.41, 5.74) is 1.29. The van der Waals surface area contributed by atoms with Crippen molar-refractivity contribution in [2.45, 2.75) is 32.3 Å². The SMILES string of the molecule is COC(=O)C(C)OC=CCC(C)c1ccccc1. The van der Waals surface area contributed by atoms with E-state index in [-0.39, 0.29) is 5.97 Å². The van der Waals surface area contributed by atoms with Crippen LogP contribution in [0.25, 0.3) is 0 Å². The van der Waals surface area contributed by atoms with Crippen LogP contribution in [0.2, 0.25) is 0 Å². The van der Waals surface area contributed by atoms with Gasteiger partial charge in [-0.15, -0.1) is 0 Å². The zero-order valence-electron chi connectivity index (χ0n) is 11.1. The highest BCUT2D eigenvalue weighted by molar-refractivity contribution is 5.74. The molecule has 0 bridgehead atoms. The molecule has 0 spiro atoms. The first-order valence-corrected chi connectivity index (χ1v) is 6.08. The van der Waals surface area contributed by atoms with Crippen molar-refractivity contribution in [1.82, 2.24) is 0 Å². The van der Waals surface area contributed by atoms with E-state index < -0.39 is 6.10 Å². The smallest absolute Gasteiger partial charge is 0.346 e. The Balaban J connectivity index is 2.35. The van der Waals surface area contributed by atoms with E-state index in [1.54, 1.807) is 13.2 Å². The highest BCUT2D eigenvalue weighted by Crippen LogP contribution is 2.18. The minimum absolute atomic E-state index is 0.365. The molecule has 18 heavy (non-hydrogen) atoms. The van der Waals surface area contributed by atoms with Gasteiger partial charge in [-0.05, 0) is 30.9 Å². The fourth-order valence-corrected chi connectivity index (χ4v) is 1.57.